The minimum atomic E-state index is -0.248. The van der Waals surface area contributed by atoms with Crippen molar-refractivity contribution in [3.8, 4) is 5.75 Å². The number of aliphatic hydroxyl groups is 1. The van der Waals surface area contributed by atoms with E-state index in [0.717, 1.165) is 30.8 Å². The van der Waals surface area contributed by atoms with Gasteiger partial charge in [0.2, 0.25) is 0 Å². The summed E-state index contributed by atoms with van der Waals surface area (Å²) in [5.41, 5.74) is 1.14. The molecule has 1 aromatic carbocycles. The smallest absolute Gasteiger partial charge is 0.122 e. The molecule has 0 aromatic heterocycles. The zero-order valence-corrected chi connectivity index (χ0v) is 11.1. The van der Waals surface area contributed by atoms with Crippen LogP contribution in [0.5, 0.6) is 5.75 Å². The fourth-order valence-corrected chi connectivity index (χ4v) is 2.45. The molecule has 2 atom stereocenters. The first-order chi connectivity index (χ1) is 8.77. The van der Waals surface area contributed by atoms with Crippen LogP contribution in [-0.4, -0.2) is 30.9 Å². The van der Waals surface area contributed by atoms with E-state index in [1.54, 1.807) is 0 Å². The van der Waals surface area contributed by atoms with Crippen LogP contribution in [0.4, 0.5) is 0 Å². The number of aliphatic hydroxyl groups excluding tert-OH is 1. The third kappa shape index (κ3) is 3.72. The summed E-state index contributed by atoms with van der Waals surface area (Å²) in [6, 6.07) is 8.00. The monoisotopic (exact) mass is 249 g/mol. The van der Waals surface area contributed by atoms with Crippen LogP contribution in [0.15, 0.2) is 24.3 Å². The molecule has 0 bridgehead atoms. The van der Waals surface area contributed by atoms with Crippen molar-refractivity contribution >= 4 is 0 Å². The van der Waals surface area contributed by atoms with E-state index in [-0.39, 0.29) is 6.10 Å². The van der Waals surface area contributed by atoms with Crippen LogP contribution in [0.3, 0.4) is 0 Å². The lowest BCUT2D eigenvalue weighted by atomic mass is 9.92. The lowest BCUT2D eigenvalue weighted by Crippen LogP contribution is -2.37. The first-order valence-electron chi connectivity index (χ1n) is 6.84. The fraction of sp³-hybridized carbons (Fsp3) is 0.600. The molecule has 1 aliphatic heterocycles. The number of nitrogens with one attached hydrogen (secondary N) is 1. The average molecular weight is 249 g/mol. The Morgan fingerprint density at radius 1 is 1.44 bits per heavy atom. The van der Waals surface area contributed by atoms with E-state index in [1.807, 2.05) is 31.2 Å². The van der Waals surface area contributed by atoms with Crippen LogP contribution in [0.25, 0.3) is 0 Å². The van der Waals surface area contributed by atoms with E-state index in [0.29, 0.717) is 18.9 Å². The van der Waals surface area contributed by atoms with Crippen LogP contribution >= 0.6 is 0 Å². The summed E-state index contributed by atoms with van der Waals surface area (Å²) in [6.45, 7) is 4.65. The first-order valence-corrected chi connectivity index (χ1v) is 6.84. The van der Waals surface area contributed by atoms with Gasteiger partial charge in [0, 0.05) is 13.0 Å². The Morgan fingerprint density at radius 3 is 3.00 bits per heavy atom. The number of ether oxygens (including phenoxy) is 1. The number of hydrogen-bond donors (Lipinski definition) is 2. The summed E-state index contributed by atoms with van der Waals surface area (Å²) in [6.07, 6.45) is 2.75. The van der Waals surface area contributed by atoms with Crippen LogP contribution < -0.4 is 10.1 Å². The predicted molar refractivity (Wildman–Crippen MR) is 72.9 cm³/mol. The molecule has 0 spiro atoms. The number of aryl methyl sites for hydroxylation is 1. The van der Waals surface area contributed by atoms with Crippen molar-refractivity contribution in [3.63, 3.8) is 0 Å². The lowest BCUT2D eigenvalue weighted by molar-refractivity contribution is 0.0701. The molecule has 100 valence electrons. The van der Waals surface area contributed by atoms with Crippen LogP contribution in [-0.2, 0) is 0 Å². The number of piperidine rings is 1. The Morgan fingerprint density at radius 2 is 2.28 bits per heavy atom. The van der Waals surface area contributed by atoms with Crippen LogP contribution in [0.1, 0.15) is 24.8 Å². The number of rotatable bonds is 5. The van der Waals surface area contributed by atoms with Crippen molar-refractivity contribution in [1.29, 1.82) is 0 Å². The van der Waals surface area contributed by atoms with Crippen molar-refractivity contribution in [2.75, 3.05) is 19.7 Å². The topological polar surface area (TPSA) is 41.5 Å². The minimum absolute atomic E-state index is 0.248. The highest BCUT2D eigenvalue weighted by Gasteiger charge is 2.21. The summed E-state index contributed by atoms with van der Waals surface area (Å²) in [5.74, 6) is 1.31. The third-order valence-corrected chi connectivity index (χ3v) is 3.64. The van der Waals surface area contributed by atoms with Gasteiger partial charge < -0.3 is 15.2 Å². The third-order valence-electron chi connectivity index (χ3n) is 3.64. The maximum Gasteiger partial charge on any atom is 0.122 e. The van der Waals surface area contributed by atoms with E-state index in [9.17, 15) is 5.11 Å². The van der Waals surface area contributed by atoms with Crippen LogP contribution in [0, 0.1) is 12.8 Å². The summed E-state index contributed by atoms with van der Waals surface area (Å²) in [5, 5.41) is 13.4. The van der Waals surface area contributed by atoms with Gasteiger partial charge in [0.25, 0.3) is 0 Å². The van der Waals surface area contributed by atoms with E-state index < -0.39 is 0 Å². The maximum absolute atomic E-state index is 10.1. The Bertz CT molecular complexity index is 361. The molecule has 18 heavy (non-hydrogen) atoms. The normalized spacial score (nSPS) is 21.6. The Kier molecular flexibility index (Phi) is 5.02. The van der Waals surface area contributed by atoms with Gasteiger partial charge in [-0.1, -0.05) is 18.2 Å². The molecule has 1 heterocycles. The minimum Gasteiger partial charge on any atom is -0.493 e. The van der Waals surface area contributed by atoms with Gasteiger partial charge in [0.15, 0.2) is 0 Å². The first kappa shape index (κ1) is 13.4. The van der Waals surface area contributed by atoms with E-state index >= 15 is 0 Å². The van der Waals surface area contributed by atoms with E-state index in [4.69, 9.17) is 4.74 Å². The second kappa shape index (κ2) is 6.76. The largest absolute Gasteiger partial charge is 0.493 e. The quantitative estimate of drug-likeness (QED) is 0.840. The highest BCUT2D eigenvalue weighted by Crippen LogP contribution is 2.19. The Balaban J connectivity index is 1.73. The molecule has 0 amide bonds. The highest BCUT2D eigenvalue weighted by molar-refractivity contribution is 5.31. The molecule has 0 radical (unpaired) electrons. The molecule has 1 aliphatic rings. The molecular formula is C15H23NO2. The standard InChI is InChI=1S/C15H23NO2/c1-12-5-2-3-7-15(12)18-10-8-14(17)13-6-4-9-16-11-13/h2-3,5,7,13-14,16-17H,4,6,8-11H2,1H3. The SMILES string of the molecule is Cc1ccccc1OCCC(O)C1CCCNC1. The number of para-hydroxylation sites is 1. The van der Waals surface area contributed by atoms with Crippen LogP contribution in [0.2, 0.25) is 0 Å². The van der Waals surface area contributed by atoms with Gasteiger partial charge >= 0.3 is 0 Å². The zero-order chi connectivity index (χ0) is 12.8. The molecule has 2 rings (SSSR count). The molecule has 0 saturated carbocycles. The van der Waals surface area contributed by atoms with Gasteiger partial charge in [-0.25, -0.2) is 0 Å². The Labute approximate surface area is 109 Å². The molecule has 3 nitrogen and oxygen atoms in total. The zero-order valence-electron chi connectivity index (χ0n) is 11.1. The van der Waals surface area contributed by atoms with Gasteiger partial charge in [-0.3, -0.25) is 0 Å². The van der Waals surface area contributed by atoms with Crippen molar-refractivity contribution in [1.82, 2.24) is 5.32 Å². The molecule has 2 N–H and O–H groups in total. The van der Waals surface area contributed by atoms with Gasteiger partial charge in [-0.05, 0) is 43.9 Å². The van der Waals surface area contributed by atoms with Crippen molar-refractivity contribution < 1.29 is 9.84 Å². The predicted octanol–water partition coefficient (Wildman–Crippen LogP) is 2.12. The van der Waals surface area contributed by atoms with Gasteiger partial charge in [0.05, 0.1) is 12.7 Å². The van der Waals surface area contributed by atoms with Gasteiger partial charge in [-0.15, -0.1) is 0 Å². The van der Waals surface area contributed by atoms with Gasteiger partial charge in [0.1, 0.15) is 5.75 Å². The highest BCUT2D eigenvalue weighted by atomic mass is 16.5. The molecule has 1 fully saturated rings. The number of hydrogen-bond acceptors (Lipinski definition) is 3. The Hall–Kier alpha value is -1.06. The average Bonchev–Trinajstić information content (AvgIpc) is 2.42. The molecular weight excluding hydrogens is 226 g/mol. The summed E-state index contributed by atoms with van der Waals surface area (Å²) >= 11 is 0. The maximum atomic E-state index is 10.1. The molecule has 2 unspecified atom stereocenters. The second-order valence-electron chi connectivity index (χ2n) is 5.08. The fourth-order valence-electron chi connectivity index (χ4n) is 2.45. The second-order valence-corrected chi connectivity index (χ2v) is 5.08. The molecule has 3 heteroatoms. The van der Waals surface area contributed by atoms with E-state index in [1.165, 1.54) is 6.42 Å². The number of benzene rings is 1. The van der Waals surface area contributed by atoms with Crippen molar-refractivity contribution in [2.45, 2.75) is 32.3 Å². The summed E-state index contributed by atoms with van der Waals surface area (Å²) in [4.78, 5) is 0. The summed E-state index contributed by atoms with van der Waals surface area (Å²) < 4.78 is 5.72. The molecule has 0 aliphatic carbocycles. The lowest BCUT2D eigenvalue weighted by Gasteiger charge is -2.27. The van der Waals surface area contributed by atoms with E-state index in [2.05, 4.69) is 5.32 Å². The molecule has 1 aromatic rings. The van der Waals surface area contributed by atoms with Gasteiger partial charge in [-0.2, -0.15) is 0 Å². The van der Waals surface area contributed by atoms with Crippen molar-refractivity contribution in [3.05, 3.63) is 29.8 Å². The van der Waals surface area contributed by atoms with Crippen molar-refractivity contribution in [2.24, 2.45) is 5.92 Å². The summed E-state index contributed by atoms with van der Waals surface area (Å²) in [7, 11) is 0. The molecule has 1 saturated heterocycles.